The minimum absolute atomic E-state index is 0.225. The van der Waals surface area contributed by atoms with E-state index in [1.807, 2.05) is 12.1 Å². The van der Waals surface area contributed by atoms with Crippen molar-refractivity contribution in [3.8, 4) is 11.5 Å². The highest BCUT2D eigenvalue weighted by molar-refractivity contribution is 5.61. The number of hydrogen-bond acceptors (Lipinski definition) is 3. The molecular formula is C19H23NO2. The van der Waals surface area contributed by atoms with Crippen molar-refractivity contribution in [2.24, 2.45) is 0 Å². The summed E-state index contributed by atoms with van der Waals surface area (Å²) in [6.45, 7) is 4.46. The first-order valence-corrected chi connectivity index (χ1v) is 7.73. The molecule has 0 radical (unpaired) electrons. The fourth-order valence-electron chi connectivity index (χ4n) is 3.04. The van der Waals surface area contributed by atoms with E-state index >= 15 is 0 Å². The van der Waals surface area contributed by atoms with Gasteiger partial charge in [0.1, 0.15) is 11.5 Å². The van der Waals surface area contributed by atoms with Gasteiger partial charge in [-0.15, -0.1) is 0 Å². The molecule has 3 heteroatoms. The van der Waals surface area contributed by atoms with Crippen LogP contribution in [0.1, 0.15) is 42.5 Å². The molecule has 2 aromatic carbocycles. The molecule has 22 heavy (non-hydrogen) atoms. The van der Waals surface area contributed by atoms with Crippen molar-refractivity contribution in [1.29, 1.82) is 0 Å². The van der Waals surface area contributed by atoms with Crippen LogP contribution in [0, 0.1) is 0 Å². The van der Waals surface area contributed by atoms with Gasteiger partial charge in [0.15, 0.2) is 0 Å². The molecule has 1 heterocycles. The molecule has 3 nitrogen and oxygen atoms in total. The van der Waals surface area contributed by atoms with Gasteiger partial charge in [-0.2, -0.15) is 0 Å². The van der Waals surface area contributed by atoms with Crippen molar-refractivity contribution >= 4 is 5.69 Å². The molecule has 1 aliphatic heterocycles. The summed E-state index contributed by atoms with van der Waals surface area (Å²) in [7, 11) is 3.40. The van der Waals surface area contributed by atoms with Crippen LogP contribution < -0.4 is 14.8 Å². The van der Waals surface area contributed by atoms with Crippen LogP contribution in [-0.4, -0.2) is 14.2 Å². The Hall–Kier alpha value is -2.16. The fraction of sp³-hybridized carbons (Fsp3) is 0.368. The molecule has 0 bridgehead atoms. The van der Waals surface area contributed by atoms with Gasteiger partial charge in [-0.3, -0.25) is 0 Å². The monoisotopic (exact) mass is 297 g/mol. The third-order valence-corrected chi connectivity index (χ3v) is 4.36. The van der Waals surface area contributed by atoms with Gasteiger partial charge in [0, 0.05) is 11.3 Å². The molecule has 0 spiro atoms. The van der Waals surface area contributed by atoms with E-state index in [0.29, 0.717) is 5.92 Å². The largest absolute Gasteiger partial charge is 0.497 e. The number of rotatable bonds is 4. The number of anilines is 1. The van der Waals surface area contributed by atoms with Gasteiger partial charge in [-0.05, 0) is 47.7 Å². The molecule has 3 rings (SSSR count). The highest BCUT2D eigenvalue weighted by atomic mass is 16.5. The number of fused-ring (bicyclic) bond motifs is 1. The maximum Gasteiger partial charge on any atom is 0.124 e. The van der Waals surface area contributed by atoms with E-state index in [-0.39, 0.29) is 6.04 Å². The van der Waals surface area contributed by atoms with Crippen molar-refractivity contribution < 1.29 is 9.47 Å². The van der Waals surface area contributed by atoms with Gasteiger partial charge in [0.25, 0.3) is 0 Å². The third kappa shape index (κ3) is 2.63. The van der Waals surface area contributed by atoms with Gasteiger partial charge >= 0.3 is 0 Å². The second kappa shape index (κ2) is 5.91. The van der Waals surface area contributed by atoms with Gasteiger partial charge in [-0.1, -0.05) is 26.0 Å². The Balaban J connectivity index is 1.92. The zero-order chi connectivity index (χ0) is 15.7. The summed E-state index contributed by atoms with van der Waals surface area (Å²) >= 11 is 0. The zero-order valence-corrected chi connectivity index (χ0v) is 13.6. The van der Waals surface area contributed by atoms with Crippen LogP contribution >= 0.6 is 0 Å². The quantitative estimate of drug-likeness (QED) is 0.899. The lowest BCUT2D eigenvalue weighted by Crippen LogP contribution is -2.07. The molecule has 0 aromatic heterocycles. The average molecular weight is 297 g/mol. The fourth-order valence-corrected chi connectivity index (χ4v) is 3.04. The number of nitrogens with one attached hydrogen (secondary N) is 1. The van der Waals surface area contributed by atoms with E-state index in [4.69, 9.17) is 9.47 Å². The SMILES string of the molecule is COc1ccc(OC)c(C2Cc3cc(C(C)C)ccc3N2)c1. The first-order chi connectivity index (χ1) is 10.6. The molecule has 1 atom stereocenters. The van der Waals surface area contributed by atoms with Gasteiger partial charge in [-0.25, -0.2) is 0 Å². The van der Waals surface area contributed by atoms with Crippen molar-refractivity contribution in [3.63, 3.8) is 0 Å². The van der Waals surface area contributed by atoms with Crippen molar-refractivity contribution in [2.45, 2.75) is 32.2 Å². The second-order valence-corrected chi connectivity index (χ2v) is 6.08. The Kier molecular flexibility index (Phi) is 3.97. The van der Waals surface area contributed by atoms with Crippen molar-refractivity contribution in [3.05, 3.63) is 53.1 Å². The third-order valence-electron chi connectivity index (χ3n) is 4.36. The lowest BCUT2D eigenvalue weighted by Gasteiger charge is -2.16. The summed E-state index contributed by atoms with van der Waals surface area (Å²) in [4.78, 5) is 0. The summed E-state index contributed by atoms with van der Waals surface area (Å²) in [6, 6.07) is 12.9. The molecule has 1 N–H and O–H groups in total. The average Bonchev–Trinajstić information content (AvgIpc) is 2.96. The summed E-state index contributed by atoms with van der Waals surface area (Å²) < 4.78 is 10.9. The van der Waals surface area contributed by atoms with Crippen molar-refractivity contribution in [1.82, 2.24) is 0 Å². The highest BCUT2D eigenvalue weighted by Gasteiger charge is 2.25. The summed E-state index contributed by atoms with van der Waals surface area (Å²) in [5.74, 6) is 2.31. The minimum atomic E-state index is 0.225. The molecular weight excluding hydrogens is 274 g/mol. The van der Waals surface area contributed by atoms with Crippen LogP contribution in [0.4, 0.5) is 5.69 Å². The zero-order valence-electron chi connectivity index (χ0n) is 13.6. The summed E-state index contributed by atoms with van der Waals surface area (Å²) in [5, 5.41) is 3.61. The number of benzene rings is 2. The smallest absolute Gasteiger partial charge is 0.124 e. The van der Waals surface area contributed by atoms with Crippen LogP contribution in [0.3, 0.4) is 0 Å². The Morgan fingerprint density at radius 2 is 1.86 bits per heavy atom. The molecule has 1 unspecified atom stereocenters. The van der Waals surface area contributed by atoms with Gasteiger partial charge in [0.2, 0.25) is 0 Å². The Morgan fingerprint density at radius 3 is 2.55 bits per heavy atom. The van der Waals surface area contributed by atoms with Crippen LogP contribution in [0.5, 0.6) is 11.5 Å². The normalized spacial score (nSPS) is 16.3. The molecule has 0 saturated heterocycles. The van der Waals surface area contributed by atoms with E-state index in [1.54, 1.807) is 14.2 Å². The van der Waals surface area contributed by atoms with Crippen LogP contribution in [0.2, 0.25) is 0 Å². The molecule has 0 fully saturated rings. The van der Waals surface area contributed by atoms with Crippen LogP contribution in [-0.2, 0) is 6.42 Å². The summed E-state index contributed by atoms with van der Waals surface area (Å²) in [5.41, 5.74) is 5.13. The first-order valence-electron chi connectivity index (χ1n) is 7.73. The molecule has 2 aromatic rings. The number of methoxy groups -OCH3 is 2. The molecule has 0 aliphatic carbocycles. The van der Waals surface area contributed by atoms with E-state index in [0.717, 1.165) is 23.5 Å². The van der Waals surface area contributed by atoms with Crippen LogP contribution in [0.15, 0.2) is 36.4 Å². The van der Waals surface area contributed by atoms with E-state index in [2.05, 4.69) is 43.4 Å². The Morgan fingerprint density at radius 1 is 1.05 bits per heavy atom. The van der Waals surface area contributed by atoms with Crippen molar-refractivity contribution in [2.75, 3.05) is 19.5 Å². The predicted octanol–water partition coefficient (Wildman–Crippen LogP) is 4.54. The van der Waals surface area contributed by atoms with E-state index in [9.17, 15) is 0 Å². The Bertz CT molecular complexity index is 679. The number of ether oxygens (including phenoxy) is 2. The predicted molar refractivity (Wildman–Crippen MR) is 90.1 cm³/mol. The standard InChI is InChI=1S/C19H23NO2/c1-12(2)13-5-7-17-14(9-13)10-18(20-17)16-11-15(21-3)6-8-19(16)22-4/h5-9,11-12,18,20H,10H2,1-4H3. The summed E-state index contributed by atoms with van der Waals surface area (Å²) in [6.07, 6.45) is 0.972. The van der Waals surface area contributed by atoms with E-state index in [1.165, 1.54) is 16.8 Å². The highest BCUT2D eigenvalue weighted by Crippen LogP contribution is 2.40. The first kappa shape index (κ1) is 14.8. The topological polar surface area (TPSA) is 30.5 Å². The maximum atomic E-state index is 5.52. The lowest BCUT2D eigenvalue weighted by atomic mass is 9.97. The minimum Gasteiger partial charge on any atom is -0.497 e. The molecule has 1 aliphatic rings. The van der Waals surface area contributed by atoms with Crippen LogP contribution in [0.25, 0.3) is 0 Å². The molecule has 0 amide bonds. The molecule has 0 saturated carbocycles. The van der Waals surface area contributed by atoms with Gasteiger partial charge < -0.3 is 14.8 Å². The second-order valence-electron chi connectivity index (χ2n) is 6.08. The van der Waals surface area contributed by atoms with E-state index < -0.39 is 0 Å². The Labute approximate surface area is 132 Å². The van der Waals surface area contributed by atoms with Gasteiger partial charge in [0.05, 0.1) is 20.3 Å². The molecule has 116 valence electrons. The lowest BCUT2D eigenvalue weighted by molar-refractivity contribution is 0.396. The number of hydrogen-bond donors (Lipinski definition) is 1. The maximum absolute atomic E-state index is 5.52.